The monoisotopic (exact) mass is 336 g/mol. The summed E-state index contributed by atoms with van der Waals surface area (Å²) < 4.78 is 29.8. The minimum Gasteiger partial charge on any atom is -0.435 e. The number of aryl methyl sites for hydroxylation is 3. The van der Waals surface area contributed by atoms with E-state index in [1.807, 2.05) is 0 Å². The number of rotatable bonds is 6. The lowest BCUT2D eigenvalue weighted by Gasteiger charge is -2.09. The third-order valence-electron chi connectivity index (χ3n) is 3.53. The molecule has 0 aliphatic carbocycles. The van der Waals surface area contributed by atoms with E-state index < -0.39 is 6.61 Å². The van der Waals surface area contributed by atoms with E-state index >= 15 is 0 Å². The molecule has 1 N–H and O–H groups in total. The first kappa shape index (κ1) is 17.7. The van der Waals surface area contributed by atoms with Crippen molar-refractivity contribution in [2.75, 3.05) is 5.32 Å². The number of hydrogen-bond acceptors (Lipinski definition) is 3. The van der Waals surface area contributed by atoms with Crippen molar-refractivity contribution in [1.82, 2.24) is 4.57 Å². The summed E-state index contributed by atoms with van der Waals surface area (Å²) in [5.41, 5.74) is 1.51. The second-order valence-corrected chi connectivity index (χ2v) is 5.36. The van der Waals surface area contributed by atoms with E-state index in [9.17, 15) is 18.4 Å². The first-order valence-corrected chi connectivity index (χ1v) is 7.36. The smallest absolute Gasteiger partial charge is 0.387 e. The number of pyridine rings is 1. The van der Waals surface area contributed by atoms with Crippen LogP contribution in [0.4, 0.5) is 14.5 Å². The van der Waals surface area contributed by atoms with Gasteiger partial charge in [-0.25, -0.2) is 0 Å². The van der Waals surface area contributed by atoms with Crippen molar-refractivity contribution >= 4 is 11.6 Å². The van der Waals surface area contributed by atoms with Gasteiger partial charge in [0, 0.05) is 19.7 Å². The highest BCUT2D eigenvalue weighted by molar-refractivity contribution is 5.91. The average Bonchev–Trinajstić information content (AvgIpc) is 2.54. The molecule has 24 heavy (non-hydrogen) atoms. The minimum absolute atomic E-state index is 0.0709. The van der Waals surface area contributed by atoms with Gasteiger partial charge in [0.25, 0.3) is 5.56 Å². The molecule has 128 valence electrons. The summed E-state index contributed by atoms with van der Waals surface area (Å²) >= 11 is 0. The second kappa shape index (κ2) is 7.72. The number of carbonyl (C=O) groups is 1. The highest BCUT2D eigenvalue weighted by Crippen LogP contribution is 2.16. The molecule has 1 amide bonds. The third kappa shape index (κ3) is 4.65. The first-order valence-electron chi connectivity index (χ1n) is 7.36. The normalized spacial score (nSPS) is 10.7. The number of carbonyl (C=O) groups excluding carboxylic acids is 1. The lowest BCUT2D eigenvalue weighted by atomic mass is 10.1. The predicted molar refractivity (Wildman–Crippen MR) is 86.4 cm³/mol. The lowest BCUT2D eigenvalue weighted by molar-refractivity contribution is -0.116. The van der Waals surface area contributed by atoms with Crippen LogP contribution in [0.15, 0.2) is 41.3 Å². The van der Waals surface area contributed by atoms with Crippen LogP contribution in [-0.4, -0.2) is 17.1 Å². The molecule has 5 nitrogen and oxygen atoms in total. The van der Waals surface area contributed by atoms with Gasteiger partial charge in [-0.1, -0.05) is 12.1 Å². The molecular formula is C17H18F2N2O3. The van der Waals surface area contributed by atoms with Gasteiger partial charge in [0.05, 0.1) is 0 Å². The molecule has 1 heterocycles. The molecule has 0 bridgehead atoms. The zero-order chi connectivity index (χ0) is 17.7. The van der Waals surface area contributed by atoms with Crippen LogP contribution >= 0.6 is 0 Å². The molecule has 0 saturated heterocycles. The van der Waals surface area contributed by atoms with E-state index in [-0.39, 0.29) is 29.3 Å². The fraction of sp³-hybridized carbons (Fsp3) is 0.294. The molecule has 0 aliphatic rings. The maximum atomic E-state index is 12.1. The van der Waals surface area contributed by atoms with E-state index in [0.29, 0.717) is 12.0 Å². The second-order valence-electron chi connectivity index (χ2n) is 5.36. The Bertz CT molecular complexity index is 770. The van der Waals surface area contributed by atoms with Gasteiger partial charge in [0.1, 0.15) is 11.4 Å². The highest BCUT2D eigenvalue weighted by atomic mass is 19.3. The molecule has 0 radical (unpaired) electrons. The molecule has 0 atom stereocenters. The van der Waals surface area contributed by atoms with Crippen LogP contribution in [0, 0.1) is 6.92 Å². The fourth-order valence-corrected chi connectivity index (χ4v) is 2.17. The Balaban J connectivity index is 1.94. The standard InChI is InChI=1S/C17H18F2N2O3/c1-11-9-10-21(2)16(23)15(11)20-14(22)8-5-12-3-6-13(7-4-12)24-17(18)19/h3-4,6-7,9-10,17H,5,8H2,1-2H3,(H,20,22). The van der Waals surface area contributed by atoms with Crippen molar-refractivity contribution in [3.05, 3.63) is 58.0 Å². The molecule has 0 unspecified atom stereocenters. The minimum atomic E-state index is -2.86. The molecule has 1 aromatic heterocycles. The highest BCUT2D eigenvalue weighted by Gasteiger charge is 2.10. The van der Waals surface area contributed by atoms with Crippen LogP contribution in [0.2, 0.25) is 0 Å². The summed E-state index contributed by atoms with van der Waals surface area (Å²) in [4.78, 5) is 24.0. The summed E-state index contributed by atoms with van der Waals surface area (Å²) in [5.74, 6) is -0.212. The molecule has 0 aliphatic heterocycles. The Hall–Kier alpha value is -2.70. The van der Waals surface area contributed by atoms with Gasteiger partial charge in [-0.3, -0.25) is 9.59 Å². The Labute approximate surface area is 137 Å². The molecule has 7 heteroatoms. The number of ether oxygens (including phenoxy) is 1. The van der Waals surface area contributed by atoms with Gasteiger partial charge in [0.2, 0.25) is 5.91 Å². The van der Waals surface area contributed by atoms with E-state index in [0.717, 1.165) is 5.56 Å². The lowest BCUT2D eigenvalue weighted by Crippen LogP contribution is -2.25. The number of amides is 1. The zero-order valence-corrected chi connectivity index (χ0v) is 13.4. The summed E-state index contributed by atoms with van der Waals surface area (Å²) in [6.45, 7) is -1.11. The number of halogens is 2. The largest absolute Gasteiger partial charge is 0.435 e. The number of benzene rings is 1. The SMILES string of the molecule is Cc1ccn(C)c(=O)c1NC(=O)CCc1ccc(OC(F)F)cc1. The first-order chi connectivity index (χ1) is 11.4. The van der Waals surface area contributed by atoms with E-state index in [1.165, 1.54) is 16.7 Å². The van der Waals surface area contributed by atoms with Crippen LogP contribution in [0.5, 0.6) is 5.75 Å². The number of anilines is 1. The predicted octanol–water partition coefficient (Wildman–Crippen LogP) is 2.87. The van der Waals surface area contributed by atoms with Crippen LogP contribution in [0.25, 0.3) is 0 Å². The quantitative estimate of drug-likeness (QED) is 0.882. The van der Waals surface area contributed by atoms with E-state index in [2.05, 4.69) is 10.1 Å². The van der Waals surface area contributed by atoms with Gasteiger partial charge in [-0.2, -0.15) is 8.78 Å². The fourth-order valence-electron chi connectivity index (χ4n) is 2.17. The Morgan fingerprint density at radius 1 is 1.25 bits per heavy atom. The molecule has 0 saturated carbocycles. The van der Waals surface area contributed by atoms with Crippen molar-refractivity contribution in [3.63, 3.8) is 0 Å². The van der Waals surface area contributed by atoms with E-state index in [1.54, 1.807) is 38.4 Å². The molecular weight excluding hydrogens is 318 g/mol. The summed E-state index contributed by atoms with van der Waals surface area (Å²) in [7, 11) is 1.61. The van der Waals surface area contributed by atoms with Gasteiger partial charge in [-0.15, -0.1) is 0 Å². The maximum Gasteiger partial charge on any atom is 0.387 e. The van der Waals surface area contributed by atoms with Crippen LogP contribution in [-0.2, 0) is 18.3 Å². The molecule has 0 spiro atoms. The van der Waals surface area contributed by atoms with Crippen molar-refractivity contribution in [1.29, 1.82) is 0 Å². The Morgan fingerprint density at radius 2 is 1.92 bits per heavy atom. The van der Waals surface area contributed by atoms with Crippen LogP contribution < -0.4 is 15.6 Å². The number of hydrogen-bond donors (Lipinski definition) is 1. The number of nitrogens with one attached hydrogen (secondary N) is 1. The number of nitrogens with zero attached hydrogens (tertiary/aromatic N) is 1. The molecule has 2 aromatic rings. The van der Waals surface area contributed by atoms with Crippen molar-refractivity contribution in [3.8, 4) is 5.75 Å². The number of alkyl halides is 2. The molecule has 2 rings (SSSR count). The molecule has 1 aromatic carbocycles. The van der Waals surface area contributed by atoms with E-state index in [4.69, 9.17) is 0 Å². The summed E-state index contributed by atoms with van der Waals surface area (Å²) in [6, 6.07) is 7.85. The molecule has 0 fully saturated rings. The van der Waals surface area contributed by atoms with Gasteiger partial charge < -0.3 is 14.6 Å². The summed E-state index contributed by atoms with van der Waals surface area (Å²) in [6.07, 6.45) is 2.23. The van der Waals surface area contributed by atoms with Crippen molar-refractivity contribution in [2.45, 2.75) is 26.4 Å². The van der Waals surface area contributed by atoms with Crippen LogP contribution in [0.3, 0.4) is 0 Å². The maximum absolute atomic E-state index is 12.1. The average molecular weight is 336 g/mol. The Kier molecular flexibility index (Phi) is 5.68. The topological polar surface area (TPSA) is 60.3 Å². The van der Waals surface area contributed by atoms with Gasteiger partial charge in [-0.05, 0) is 42.7 Å². The zero-order valence-electron chi connectivity index (χ0n) is 13.4. The number of aromatic nitrogens is 1. The van der Waals surface area contributed by atoms with Crippen molar-refractivity contribution in [2.24, 2.45) is 7.05 Å². The van der Waals surface area contributed by atoms with Crippen molar-refractivity contribution < 1.29 is 18.3 Å². The third-order valence-corrected chi connectivity index (χ3v) is 3.53. The Morgan fingerprint density at radius 3 is 2.54 bits per heavy atom. The van der Waals surface area contributed by atoms with Gasteiger partial charge in [0.15, 0.2) is 0 Å². The van der Waals surface area contributed by atoms with Gasteiger partial charge >= 0.3 is 6.61 Å². The van der Waals surface area contributed by atoms with Crippen LogP contribution in [0.1, 0.15) is 17.5 Å². The summed E-state index contributed by atoms with van der Waals surface area (Å²) in [5, 5.41) is 2.63.